The number of ether oxygens (including phenoxy) is 1. The van der Waals surface area contributed by atoms with Gasteiger partial charge in [0, 0.05) is 0 Å². The molecule has 1 fully saturated rings. The predicted octanol–water partition coefficient (Wildman–Crippen LogP) is 0.155. The molecular weight excluding hydrogens is 365 g/mol. The average Bonchev–Trinajstić information content (AvgIpc) is 3.13. The molecule has 6 N–H and O–H groups in total. The number of imidazole rings is 1. The lowest BCUT2D eigenvalue weighted by Gasteiger charge is -2.28. The zero-order valence-electron chi connectivity index (χ0n) is 13.6. The van der Waals surface area contributed by atoms with Gasteiger partial charge in [-0.15, -0.1) is 0 Å². The third kappa shape index (κ3) is 2.74. The lowest BCUT2D eigenvalue weighted by molar-refractivity contribution is -0.0289. The number of H-pyrrole nitrogens is 1. The first-order valence-electron chi connectivity index (χ1n) is 7.56. The number of nitrogens with two attached hydrogens (primary N) is 2. The van der Waals surface area contributed by atoms with E-state index in [4.69, 9.17) is 28.4 Å². The Morgan fingerprint density at radius 3 is 3.08 bits per heavy atom. The molecule has 1 saturated heterocycles. The van der Waals surface area contributed by atoms with E-state index in [-0.39, 0.29) is 10.6 Å². The van der Waals surface area contributed by atoms with Crippen LogP contribution in [0.3, 0.4) is 0 Å². The SMILES string of the molecule is C[C@@H](N=O)[C@H]1O[C@@H](n2cnc3c(=S)nc(N)[nH]c32)[C@@](N)(C#CCF)C1O. The van der Waals surface area contributed by atoms with Crippen molar-refractivity contribution in [3.05, 3.63) is 15.9 Å². The summed E-state index contributed by atoms with van der Waals surface area (Å²) in [4.78, 5) is 21.8. The van der Waals surface area contributed by atoms with Crippen molar-refractivity contribution < 1.29 is 14.2 Å². The smallest absolute Gasteiger partial charge is 0.200 e. The molecule has 1 aliphatic rings. The van der Waals surface area contributed by atoms with Crippen LogP contribution in [0.25, 0.3) is 11.2 Å². The minimum absolute atomic E-state index is 0.0414. The molecule has 1 aliphatic heterocycles. The highest BCUT2D eigenvalue weighted by atomic mass is 32.1. The maximum Gasteiger partial charge on any atom is 0.200 e. The van der Waals surface area contributed by atoms with Crippen molar-refractivity contribution in [2.45, 2.75) is 36.9 Å². The van der Waals surface area contributed by atoms with Crippen molar-refractivity contribution in [1.29, 1.82) is 0 Å². The van der Waals surface area contributed by atoms with E-state index in [0.717, 1.165) is 0 Å². The summed E-state index contributed by atoms with van der Waals surface area (Å²) in [6, 6.07) is -0.912. The number of nitrogen functional groups attached to an aromatic ring is 1. The van der Waals surface area contributed by atoms with Gasteiger partial charge in [-0.2, -0.15) is 4.91 Å². The number of hydrogen-bond donors (Lipinski definition) is 4. The third-order valence-electron chi connectivity index (χ3n) is 4.23. The van der Waals surface area contributed by atoms with Crippen molar-refractivity contribution in [3.8, 4) is 11.8 Å². The van der Waals surface area contributed by atoms with Gasteiger partial charge in [0.05, 0.1) is 6.33 Å². The number of anilines is 1. The Balaban J connectivity index is 2.18. The summed E-state index contributed by atoms with van der Waals surface area (Å²) >= 11 is 5.12. The molecule has 2 aromatic rings. The molecule has 2 aromatic heterocycles. The van der Waals surface area contributed by atoms with Gasteiger partial charge in [-0.3, -0.25) is 4.57 Å². The number of aromatic nitrogens is 4. The van der Waals surface area contributed by atoms with Crippen molar-refractivity contribution >= 4 is 29.3 Å². The monoisotopic (exact) mass is 381 g/mol. The van der Waals surface area contributed by atoms with Crippen LogP contribution in [0.4, 0.5) is 10.3 Å². The number of aliphatic hydroxyl groups is 1. The summed E-state index contributed by atoms with van der Waals surface area (Å²) in [5, 5.41) is 13.5. The zero-order valence-corrected chi connectivity index (χ0v) is 14.4. The topological polar surface area (TPSA) is 157 Å². The Hall–Kier alpha value is -2.46. The molecule has 0 bridgehead atoms. The second-order valence-electron chi connectivity index (χ2n) is 5.89. The van der Waals surface area contributed by atoms with Crippen LogP contribution in [0, 0.1) is 21.4 Å². The van der Waals surface area contributed by atoms with Gasteiger partial charge in [-0.05, 0) is 6.92 Å². The van der Waals surface area contributed by atoms with Gasteiger partial charge in [0.25, 0.3) is 0 Å². The van der Waals surface area contributed by atoms with Crippen LogP contribution in [0.15, 0.2) is 11.5 Å². The quantitative estimate of drug-likeness (QED) is 0.332. The van der Waals surface area contributed by atoms with Crippen LogP contribution in [-0.2, 0) is 4.74 Å². The number of alkyl halides is 1. The Morgan fingerprint density at radius 1 is 1.69 bits per heavy atom. The molecule has 0 amide bonds. The molecule has 10 nitrogen and oxygen atoms in total. The number of nitrogens with zero attached hydrogens (tertiary/aromatic N) is 4. The molecule has 0 radical (unpaired) electrons. The van der Waals surface area contributed by atoms with Gasteiger partial charge < -0.3 is 26.3 Å². The summed E-state index contributed by atoms with van der Waals surface area (Å²) in [7, 11) is 0. The number of aromatic amines is 1. The number of hydrogen-bond acceptors (Lipinski definition) is 9. The van der Waals surface area contributed by atoms with Crippen molar-refractivity contribution in [2.24, 2.45) is 10.9 Å². The highest BCUT2D eigenvalue weighted by molar-refractivity contribution is 7.71. The normalized spacial score (nSPS) is 29.3. The van der Waals surface area contributed by atoms with Crippen LogP contribution in [0.5, 0.6) is 0 Å². The van der Waals surface area contributed by atoms with Crippen LogP contribution in [0.2, 0.25) is 0 Å². The minimum Gasteiger partial charge on any atom is -0.387 e. The Morgan fingerprint density at radius 2 is 2.42 bits per heavy atom. The molecule has 5 atom stereocenters. The summed E-state index contributed by atoms with van der Waals surface area (Å²) in [6.45, 7) is 0.502. The maximum absolute atomic E-state index is 12.6. The number of aliphatic hydroxyl groups excluding tert-OH is 1. The second-order valence-corrected chi connectivity index (χ2v) is 6.28. The molecule has 12 heteroatoms. The number of nitroso groups, excluding NO2 is 1. The van der Waals surface area contributed by atoms with Crippen LogP contribution < -0.4 is 11.5 Å². The largest absolute Gasteiger partial charge is 0.387 e. The first-order chi connectivity index (χ1) is 12.3. The molecule has 0 spiro atoms. The molecule has 0 aliphatic carbocycles. The second kappa shape index (κ2) is 6.69. The van der Waals surface area contributed by atoms with Gasteiger partial charge in [0.15, 0.2) is 22.4 Å². The predicted molar refractivity (Wildman–Crippen MR) is 93.0 cm³/mol. The summed E-state index contributed by atoms with van der Waals surface area (Å²) in [5.41, 5.74) is 10.9. The van der Waals surface area contributed by atoms with Crippen LogP contribution in [0.1, 0.15) is 13.2 Å². The van der Waals surface area contributed by atoms with E-state index in [1.165, 1.54) is 17.8 Å². The maximum atomic E-state index is 12.6. The first-order valence-corrected chi connectivity index (χ1v) is 7.97. The lowest BCUT2D eigenvalue weighted by atomic mass is 9.89. The average molecular weight is 381 g/mol. The van der Waals surface area contributed by atoms with E-state index in [1.807, 2.05) is 0 Å². The Bertz CT molecular complexity index is 967. The van der Waals surface area contributed by atoms with Gasteiger partial charge in [0.1, 0.15) is 36.1 Å². The van der Waals surface area contributed by atoms with E-state index in [2.05, 4.69) is 32.0 Å². The highest BCUT2D eigenvalue weighted by Crippen LogP contribution is 2.39. The van der Waals surface area contributed by atoms with Gasteiger partial charge in [0.2, 0.25) is 0 Å². The molecule has 138 valence electrons. The number of rotatable bonds is 3. The number of halogens is 1. The lowest BCUT2D eigenvalue weighted by Crippen LogP contribution is -2.54. The van der Waals surface area contributed by atoms with Crippen LogP contribution >= 0.6 is 12.2 Å². The fourth-order valence-electron chi connectivity index (χ4n) is 2.94. The zero-order chi connectivity index (χ0) is 19.1. The van der Waals surface area contributed by atoms with E-state index in [9.17, 15) is 14.4 Å². The van der Waals surface area contributed by atoms with E-state index in [1.54, 1.807) is 0 Å². The van der Waals surface area contributed by atoms with E-state index < -0.39 is 36.7 Å². The van der Waals surface area contributed by atoms with Crippen molar-refractivity contribution in [1.82, 2.24) is 19.5 Å². The molecule has 1 unspecified atom stereocenters. The molecule has 3 heterocycles. The highest BCUT2D eigenvalue weighted by Gasteiger charge is 2.56. The molecule has 26 heavy (non-hydrogen) atoms. The van der Waals surface area contributed by atoms with Gasteiger partial charge >= 0.3 is 0 Å². The standard InChI is InChI=1S/C14H16FN7O3S/c1-6(21-24)8-9(23)14(17,3-2-4-15)12(25-8)22-5-18-7-10(22)19-13(16)20-11(7)26/h5-6,8-9,12,23H,4,17H2,1H3,(H3,16,19,20,26)/t6-,8-,9?,12-,14-/m1/s1. The van der Waals surface area contributed by atoms with E-state index >= 15 is 0 Å². The van der Waals surface area contributed by atoms with Crippen LogP contribution in [-0.4, -0.2) is 55.1 Å². The van der Waals surface area contributed by atoms with Gasteiger partial charge in [-0.1, -0.05) is 29.2 Å². The molecule has 0 saturated carbocycles. The van der Waals surface area contributed by atoms with E-state index in [0.29, 0.717) is 11.2 Å². The van der Waals surface area contributed by atoms with Gasteiger partial charge in [-0.25, -0.2) is 14.4 Å². The molecule has 0 aromatic carbocycles. The minimum atomic E-state index is -1.73. The Labute approximate surface area is 151 Å². The fraction of sp³-hybridized carbons (Fsp3) is 0.500. The summed E-state index contributed by atoms with van der Waals surface area (Å²) in [5.74, 6) is 4.75. The molecular formula is C14H16FN7O3S. The molecule has 3 rings (SSSR count). The first kappa shape index (κ1) is 18.3. The third-order valence-corrected chi connectivity index (χ3v) is 4.51. The Kier molecular flexibility index (Phi) is 4.72. The van der Waals surface area contributed by atoms with Crippen molar-refractivity contribution in [2.75, 3.05) is 12.4 Å². The number of nitrogens with one attached hydrogen (secondary N) is 1. The number of fused-ring (bicyclic) bond motifs is 1. The summed E-state index contributed by atoms with van der Waals surface area (Å²) < 4.78 is 20.0. The fourth-order valence-corrected chi connectivity index (χ4v) is 3.19. The van der Waals surface area contributed by atoms with Crippen molar-refractivity contribution in [3.63, 3.8) is 0 Å². The summed E-state index contributed by atoms with van der Waals surface area (Å²) in [6.07, 6.45) is -2.20.